The molecular weight excluding hydrogens is 316 g/mol. The van der Waals surface area contributed by atoms with Gasteiger partial charge in [0.25, 0.3) is 0 Å². The number of rotatable bonds is 7. The largest absolute Gasteiger partial charge is 0.317 e. The molecule has 102 valence electrons. The Hall–Kier alpha value is -0.590. The first-order valence-electron chi connectivity index (χ1n) is 5.92. The molecule has 0 bridgehead atoms. The van der Waals surface area contributed by atoms with E-state index < -0.39 is 10.0 Å². The summed E-state index contributed by atoms with van der Waals surface area (Å²) < 4.78 is 27.2. The second kappa shape index (κ2) is 7.11. The molecule has 0 saturated carbocycles. The Morgan fingerprint density at radius 3 is 2.67 bits per heavy atom. The zero-order valence-electron chi connectivity index (χ0n) is 10.7. The molecule has 0 spiro atoms. The van der Waals surface area contributed by atoms with E-state index in [9.17, 15) is 8.42 Å². The van der Waals surface area contributed by atoms with Crippen molar-refractivity contribution >= 4 is 31.6 Å². The average molecular weight is 335 g/mol. The molecule has 2 N–H and O–H groups in total. The molecule has 6 heteroatoms. The van der Waals surface area contributed by atoms with Crippen molar-refractivity contribution in [2.75, 3.05) is 23.6 Å². The molecule has 1 rings (SSSR count). The van der Waals surface area contributed by atoms with Crippen LogP contribution in [0.3, 0.4) is 0 Å². The smallest absolute Gasteiger partial charge is 0.232 e. The van der Waals surface area contributed by atoms with Gasteiger partial charge in [0, 0.05) is 10.2 Å². The lowest BCUT2D eigenvalue weighted by atomic mass is 10.2. The molecule has 0 amide bonds. The third kappa shape index (κ3) is 5.37. The van der Waals surface area contributed by atoms with Crippen molar-refractivity contribution in [2.45, 2.75) is 20.3 Å². The highest BCUT2D eigenvalue weighted by Gasteiger charge is 2.10. The zero-order valence-corrected chi connectivity index (χ0v) is 13.1. The van der Waals surface area contributed by atoms with Crippen LogP contribution in [0.15, 0.2) is 22.7 Å². The molecule has 4 nitrogen and oxygen atoms in total. The van der Waals surface area contributed by atoms with Crippen LogP contribution in [0.1, 0.15) is 18.9 Å². The Bertz CT molecular complexity index is 489. The van der Waals surface area contributed by atoms with Crippen LogP contribution in [0, 0.1) is 6.92 Å². The SMILES string of the molecule is CCNCCCS(=O)(=O)Nc1ccc(Br)c(C)c1. The maximum absolute atomic E-state index is 11.8. The number of aryl methyl sites for hydroxylation is 1. The van der Waals surface area contributed by atoms with Crippen LogP contribution in [-0.2, 0) is 10.0 Å². The number of hydrogen-bond acceptors (Lipinski definition) is 3. The Balaban J connectivity index is 2.56. The van der Waals surface area contributed by atoms with Gasteiger partial charge in [0.2, 0.25) is 10.0 Å². The van der Waals surface area contributed by atoms with Crippen molar-refractivity contribution in [2.24, 2.45) is 0 Å². The van der Waals surface area contributed by atoms with Crippen LogP contribution in [0.25, 0.3) is 0 Å². The third-order valence-electron chi connectivity index (χ3n) is 2.45. The number of nitrogens with one attached hydrogen (secondary N) is 2. The molecule has 0 aliphatic carbocycles. The van der Waals surface area contributed by atoms with Gasteiger partial charge in [-0.1, -0.05) is 22.9 Å². The molecule has 0 aliphatic heterocycles. The second-order valence-electron chi connectivity index (χ2n) is 4.09. The highest BCUT2D eigenvalue weighted by atomic mass is 79.9. The number of sulfonamides is 1. The molecule has 0 fully saturated rings. The van der Waals surface area contributed by atoms with Crippen LogP contribution in [0.4, 0.5) is 5.69 Å². The van der Waals surface area contributed by atoms with Gasteiger partial charge in [-0.25, -0.2) is 8.42 Å². The fourth-order valence-corrected chi connectivity index (χ4v) is 2.86. The van der Waals surface area contributed by atoms with E-state index in [1.54, 1.807) is 6.07 Å². The molecular formula is C12H19BrN2O2S. The Morgan fingerprint density at radius 1 is 1.33 bits per heavy atom. The first-order valence-corrected chi connectivity index (χ1v) is 8.36. The van der Waals surface area contributed by atoms with Gasteiger partial charge < -0.3 is 5.32 Å². The number of anilines is 1. The van der Waals surface area contributed by atoms with Crippen molar-refractivity contribution in [1.29, 1.82) is 0 Å². The lowest BCUT2D eigenvalue weighted by Crippen LogP contribution is -2.21. The van der Waals surface area contributed by atoms with Gasteiger partial charge in [-0.3, -0.25) is 4.72 Å². The number of hydrogen-bond donors (Lipinski definition) is 2. The molecule has 1 aromatic rings. The topological polar surface area (TPSA) is 58.2 Å². The molecule has 18 heavy (non-hydrogen) atoms. The summed E-state index contributed by atoms with van der Waals surface area (Å²) in [6, 6.07) is 5.40. The highest BCUT2D eigenvalue weighted by Crippen LogP contribution is 2.20. The van der Waals surface area contributed by atoms with Crippen molar-refractivity contribution in [3.8, 4) is 0 Å². The van der Waals surface area contributed by atoms with Gasteiger partial charge in [-0.2, -0.15) is 0 Å². The summed E-state index contributed by atoms with van der Waals surface area (Å²) in [6.07, 6.45) is 0.610. The Labute approximate surface area is 117 Å². The van der Waals surface area contributed by atoms with Crippen LogP contribution < -0.4 is 10.0 Å². The van der Waals surface area contributed by atoms with E-state index in [1.165, 1.54) is 0 Å². The summed E-state index contributed by atoms with van der Waals surface area (Å²) in [5.41, 5.74) is 1.61. The monoisotopic (exact) mass is 334 g/mol. The van der Waals surface area contributed by atoms with E-state index in [2.05, 4.69) is 26.0 Å². The number of benzene rings is 1. The molecule has 0 aliphatic rings. The highest BCUT2D eigenvalue weighted by molar-refractivity contribution is 9.10. The molecule has 0 aromatic heterocycles. The predicted molar refractivity (Wildman–Crippen MR) is 79.4 cm³/mol. The third-order valence-corrected chi connectivity index (χ3v) is 4.71. The van der Waals surface area contributed by atoms with Crippen LogP contribution >= 0.6 is 15.9 Å². The quantitative estimate of drug-likeness (QED) is 0.753. The number of halogens is 1. The standard InChI is InChI=1S/C12H19BrN2O2S/c1-3-14-7-4-8-18(16,17)15-11-5-6-12(13)10(2)9-11/h5-6,9,14-15H,3-4,7-8H2,1-2H3. The van der Waals surface area contributed by atoms with Crippen LogP contribution in [0.2, 0.25) is 0 Å². The summed E-state index contributed by atoms with van der Waals surface area (Å²) in [4.78, 5) is 0. The summed E-state index contributed by atoms with van der Waals surface area (Å²) in [7, 11) is -3.25. The van der Waals surface area contributed by atoms with Crippen LogP contribution in [0.5, 0.6) is 0 Å². The Morgan fingerprint density at radius 2 is 2.06 bits per heavy atom. The minimum absolute atomic E-state index is 0.134. The van der Waals surface area contributed by atoms with Gasteiger partial charge in [0.05, 0.1) is 5.75 Å². The van der Waals surface area contributed by atoms with Gasteiger partial charge in [0.15, 0.2) is 0 Å². The molecule has 0 saturated heterocycles. The van der Waals surface area contributed by atoms with E-state index in [1.807, 2.05) is 26.0 Å². The van der Waals surface area contributed by atoms with Gasteiger partial charge in [0.1, 0.15) is 0 Å². The first-order chi connectivity index (χ1) is 8.44. The average Bonchev–Trinajstić information content (AvgIpc) is 2.29. The van der Waals surface area contributed by atoms with Crippen molar-refractivity contribution in [3.63, 3.8) is 0 Å². The van der Waals surface area contributed by atoms with Crippen molar-refractivity contribution in [3.05, 3.63) is 28.2 Å². The molecule has 1 aromatic carbocycles. The van der Waals surface area contributed by atoms with E-state index in [0.717, 1.165) is 23.1 Å². The summed E-state index contributed by atoms with van der Waals surface area (Å²) in [6.45, 7) is 5.50. The van der Waals surface area contributed by atoms with E-state index in [-0.39, 0.29) is 5.75 Å². The summed E-state index contributed by atoms with van der Waals surface area (Å²) in [5.74, 6) is 0.134. The maximum Gasteiger partial charge on any atom is 0.232 e. The lowest BCUT2D eigenvalue weighted by molar-refractivity contribution is 0.595. The van der Waals surface area contributed by atoms with E-state index in [4.69, 9.17) is 0 Å². The summed E-state index contributed by atoms with van der Waals surface area (Å²) >= 11 is 3.38. The van der Waals surface area contributed by atoms with Crippen molar-refractivity contribution in [1.82, 2.24) is 5.32 Å². The molecule has 0 radical (unpaired) electrons. The zero-order chi connectivity index (χ0) is 13.6. The second-order valence-corrected chi connectivity index (χ2v) is 6.79. The fraction of sp³-hybridized carbons (Fsp3) is 0.500. The molecule has 0 unspecified atom stereocenters. The minimum atomic E-state index is -3.25. The lowest BCUT2D eigenvalue weighted by Gasteiger charge is -2.09. The predicted octanol–water partition coefficient (Wildman–Crippen LogP) is 2.50. The van der Waals surface area contributed by atoms with Gasteiger partial charge in [-0.15, -0.1) is 0 Å². The van der Waals surface area contributed by atoms with E-state index in [0.29, 0.717) is 12.1 Å². The molecule has 0 atom stereocenters. The first kappa shape index (κ1) is 15.5. The van der Waals surface area contributed by atoms with Gasteiger partial charge >= 0.3 is 0 Å². The summed E-state index contributed by atoms with van der Waals surface area (Å²) in [5, 5.41) is 3.10. The van der Waals surface area contributed by atoms with E-state index >= 15 is 0 Å². The molecule has 0 heterocycles. The minimum Gasteiger partial charge on any atom is -0.317 e. The van der Waals surface area contributed by atoms with Gasteiger partial charge in [-0.05, 0) is 50.2 Å². The fourth-order valence-electron chi connectivity index (χ4n) is 1.50. The van der Waals surface area contributed by atoms with Crippen LogP contribution in [-0.4, -0.2) is 27.3 Å². The van der Waals surface area contributed by atoms with Crippen molar-refractivity contribution < 1.29 is 8.42 Å². The normalized spacial score (nSPS) is 11.5. The Kier molecular flexibility index (Phi) is 6.11. The maximum atomic E-state index is 11.8.